The number of aryl methyl sites for hydroxylation is 3. The summed E-state index contributed by atoms with van der Waals surface area (Å²) in [4.78, 5) is 9.20. The molecule has 0 fully saturated rings. The van der Waals surface area contributed by atoms with Gasteiger partial charge in [0.15, 0.2) is 0 Å². The number of aromatic amines is 1. The minimum Gasteiger partial charge on any atom is -0.358 e. The Kier molecular flexibility index (Phi) is 12.2. The lowest BCUT2D eigenvalue weighted by atomic mass is 9.92. The number of fused-ring (bicyclic) bond motifs is 2. The highest BCUT2D eigenvalue weighted by Crippen LogP contribution is 2.30. The van der Waals surface area contributed by atoms with Crippen LogP contribution in [0.25, 0.3) is 21.8 Å². The summed E-state index contributed by atoms with van der Waals surface area (Å²) in [5, 5.41) is 2.63. The maximum absolute atomic E-state index is 3.44. The first kappa shape index (κ1) is 38.4. The van der Waals surface area contributed by atoms with Crippen LogP contribution < -0.4 is 0 Å². The summed E-state index contributed by atoms with van der Waals surface area (Å²) in [6, 6.07) is 30.2. The van der Waals surface area contributed by atoms with Gasteiger partial charge < -0.3 is 9.55 Å². The summed E-state index contributed by atoms with van der Waals surface area (Å²) in [5.74, 6) is 0. The van der Waals surface area contributed by atoms with Gasteiger partial charge >= 0.3 is 0 Å². The van der Waals surface area contributed by atoms with Crippen molar-refractivity contribution in [2.75, 3.05) is 0 Å². The number of para-hydroxylation sites is 2. The van der Waals surface area contributed by atoms with Crippen LogP contribution in [0.15, 0.2) is 84.9 Å². The minimum atomic E-state index is 0.207. The molecule has 0 spiro atoms. The molecule has 2 nitrogen and oxygen atoms in total. The first-order valence-electron chi connectivity index (χ1n) is 16.8. The number of benzene rings is 2. The number of hydrogen-bond acceptors (Lipinski definition) is 2. The van der Waals surface area contributed by atoms with Crippen molar-refractivity contribution in [3.63, 3.8) is 0 Å². The van der Waals surface area contributed by atoms with Crippen LogP contribution in [0.3, 0.4) is 0 Å². The fourth-order valence-corrected chi connectivity index (χ4v) is 7.01. The molecule has 0 atom stereocenters. The van der Waals surface area contributed by atoms with Gasteiger partial charge in [-0.2, -0.15) is 0 Å². The summed E-state index contributed by atoms with van der Waals surface area (Å²) >= 11 is 3.79. The molecule has 0 saturated carbocycles. The fourth-order valence-electron chi connectivity index (χ4n) is 5.16. The topological polar surface area (TPSA) is 20.7 Å². The van der Waals surface area contributed by atoms with Crippen LogP contribution in [-0.4, -0.2) is 9.55 Å². The van der Waals surface area contributed by atoms with Crippen LogP contribution in [0.2, 0.25) is 0 Å². The number of H-pyrrole nitrogens is 1. The summed E-state index contributed by atoms with van der Waals surface area (Å²) in [5.41, 5.74) is 6.32. The van der Waals surface area contributed by atoms with E-state index in [2.05, 4.69) is 198 Å². The first-order chi connectivity index (χ1) is 21.6. The number of nitrogens with zero attached hydrogens (tertiary/aromatic N) is 1. The highest BCUT2D eigenvalue weighted by molar-refractivity contribution is 7.12. The molecule has 4 heteroatoms. The van der Waals surface area contributed by atoms with Crippen molar-refractivity contribution in [1.29, 1.82) is 0 Å². The van der Waals surface area contributed by atoms with Gasteiger partial charge in [0.25, 0.3) is 0 Å². The van der Waals surface area contributed by atoms with Crippen LogP contribution in [-0.2, 0) is 28.7 Å². The number of nitrogens with one attached hydrogen (secondary N) is 1. The molecule has 0 unspecified atom stereocenters. The second-order valence-corrected chi connectivity index (χ2v) is 19.3. The van der Waals surface area contributed by atoms with Crippen LogP contribution >= 0.6 is 22.7 Å². The Balaban J connectivity index is 0.000000172. The number of thiophene rings is 2. The Hall–Kier alpha value is -3.08. The van der Waals surface area contributed by atoms with Crippen LogP contribution in [0.5, 0.6) is 0 Å². The largest absolute Gasteiger partial charge is 0.358 e. The van der Waals surface area contributed by atoms with E-state index in [9.17, 15) is 0 Å². The van der Waals surface area contributed by atoms with Crippen molar-refractivity contribution in [2.45, 2.75) is 119 Å². The molecule has 0 radical (unpaired) electrons. The molecule has 254 valence electrons. The minimum absolute atomic E-state index is 0.207. The van der Waals surface area contributed by atoms with E-state index in [1.54, 1.807) is 0 Å². The Bertz CT molecular complexity index is 1760. The Labute approximate surface area is 294 Å². The maximum atomic E-state index is 3.44. The van der Waals surface area contributed by atoms with Gasteiger partial charge in [-0.1, -0.05) is 119 Å². The second-order valence-electron chi connectivity index (χ2n) is 16.7. The molecule has 1 N–H and O–H groups in total. The lowest BCUT2D eigenvalue weighted by molar-refractivity contribution is 0.547. The molecular formula is C43H60N2S2. The summed E-state index contributed by atoms with van der Waals surface area (Å²) in [7, 11) is 2.14. The molecule has 6 aromatic rings. The molecule has 0 saturated heterocycles. The van der Waals surface area contributed by atoms with E-state index in [0.717, 1.165) is 0 Å². The van der Waals surface area contributed by atoms with E-state index in [1.807, 2.05) is 22.7 Å². The van der Waals surface area contributed by atoms with E-state index in [0.29, 0.717) is 10.8 Å². The zero-order valence-corrected chi connectivity index (χ0v) is 33.5. The molecule has 6 rings (SSSR count). The van der Waals surface area contributed by atoms with Crippen LogP contribution in [0.4, 0.5) is 0 Å². The third-order valence-corrected chi connectivity index (χ3v) is 10.9. The molecule has 47 heavy (non-hydrogen) atoms. The first-order valence-corrected chi connectivity index (χ1v) is 18.5. The molecule has 4 aromatic heterocycles. The monoisotopic (exact) mass is 668 g/mol. The van der Waals surface area contributed by atoms with E-state index in [4.69, 9.17) is 0 Å². The zero-order valence-electron chi connectivity index (χ0n) is 31.8. The standard InChI is InChI=1S/C13H17N.C12H15N.2C9H14S/c1-13(2,3)12-9-10-7-5-6-8-11(10)14(12)4;1-12(2,3)11-8-9-6-4-5-7-10(9)13-11;2*1-7-5-6-8(10-7)9(2,3)4/h5-9H,1-4H3;4-8,13H,1-3H3;2*5-6H,1-4H3. The quantitative estimate of drug-likeness (QED) is 0.166. The average molecular weight is 669 g/mol. The Morgan fingerprint density at radius 1 is 0.511 bits per heavy atom. The highest BCUT2D eigenvalue weighted by Gasteiger charge is 2.19. The van der Waals surface area contributed by atoms with Crippen molar-refractivity contribution < 1.29 is 0 Å². The van der Waals surface area contributed by atoms with Crippen molar-refractivity contribution >= 4 is 44.5 Å². The third kappa shape index (κ3) is 11.0. The summed E-state index contributed by atoms with van der Waals surface area (Å²) in [6.07, 6.45) is 0. The van der Waals surface area contributed by atoms with Crippen LogP contribution in [0, 0.1) is 13.8 Å². The van der Waals surface area contributed by atoms with Crippen molar-refractivity contribution in [1.82, 2.24) is 9.55 Å². The van der Waals surface area contributed by atoms with Gasteiger partial charge in [-0.15, -0.1) is 22.7 Å². The van der Waals surface area contributed by atoms with Crippen LogP contribution in [0.1, 0.15) is 114 Å². The van der Waals surface area contributed by atoms with Gasteiger partial charge in [0.1, 0.15) is 0 Å². The molecule has 0 bridgehead atoms. The lowest BCUT2D eigenvalue weighted by Gasteiger charge is -2.19. The van der Waals surface area contributed by atoms with Gasteiger partial charge in [0, 0.05) is 59.8 Å². The smallest absolute Gasteiger partial charge is 0.0480 e. The zero-order chi connectivity index (χ0) is 35.4. The van der Waals surface area contributed by atoms with E-state index in [1.165, 1.54) is 52.7 Å². The van der Waals surface area contributed by atoms with Gasteiger partial charge in [0.2, 0.25) is 0 Å². The third-order valence-electron chi connectivity index (χ3n) is 8.02. The molecular weight excluding hydrogens is 609 g/mol. The SMILES string of the molecule is CC(C)(C)c1cc2ccccc2[nH]1.Cc1ccc(C(C)(C)C)s1.Cc1ccc(C(C)(C)C)s1.Cn1c(C(C)(C)C)cc2ccccc21. The Morgan fingerprint density at radius 3 is 1.34 bits per heavy atom. The molecule has 0 aliphatic heterocycles. The summed E-state index contributed by atoms with van der Waals surface area (Å²) < 4.78 is 2.29. The number of aromatic nitrogens is 2. The van der Waals surface area contributed by atoms with Gasteiger partial charge in [-0.3, -0.25) is 0 Å². The molecule has 0 amide bonds. The predicted octanol–water partition coefficient (Wildman–Crippen LogP) is 13.6. The van der Waals surface area contributed by atoms with Gasteiger partial charge in [0.05, 0.1) is 0 Å². The molecule has 0 aliphatic carbocycles. The molecule has 0 aliphatic rings. The summed E-state index contributed by atoms with van der Waals surface area (Å²) in [6.45, 7) is 31.2. The average Bonchev–Trinajstić information content (AvgIpc) is 3.74. The predicted molar refractivity (Wildman–Crippen MR) is 214 cm³/mol. The second kappa shape index (κ2) is 15.0. The van der Waals surface area contributed by atoms with E-state index in [-0.39, 0.29) is 10.8 Å². The molecule has 4 heterocycles. The van der Waals surface area contributed by atoms with E-state index < -0.39 is 0 Å². The van der Waals surface area contributed by atoms with Crippen molar-refractivity contribution in [3.05, 3.63) is 116 Å². The number of hydrogen-bond donors (Lipinski definition) is 1. The fraction of sp³-hybridized carbons (Fsp3) is 0.442. The Morgan fingerprint density at radius 2 is 0.979 bits per heavy atom. The van der Waals surface area contributed by atoms with Gasteiger partial charge in [-0.25, -0.2) is 0 Å². The maximum Gasteiger partial charge on any atom is 0.0480 e. The number of rotatable bonds is 0. The lowest BCUT2D eigenvalue weighted by Crippen LogP contribution is -2.15. The van der Waals surface area contributed by atoms with Crippen molar-refractivity contribution in [3.8, 4) is 0 Å². The van der Waals surface area contributed by atoms with Gasteiger partial charge in [-0.05, 0) is 84.0 Å². The molecule has 2 aromatic carbocycles. The van der Waals surface area contributed by atoms with Crippen molar-refractivity contribution in [2.24, 2.45) is 7.05 Å². The highest BCUT2D eigenvalue weighted by atomic mass is 32.1. The normalized spacial score (nSPS) is 12.1. The van der Waals surface area contributed by atoms with E-state index >= 15 is 0 Å².